The minimum Gasteiger partial charge on any atom is -0.350 e. The molecule has 0 N–H and O–H groups in total. The number of hydrogen-bond acceptors (Lipinski definition) is 4. The molecule has 0 saturated heterocycles. The van der Waals surface area contributed by atoms with Crippen molar-refractivity contribution in [1.29, 1.82) is 0 Å². The molecular formula is C17H14N4S. The first-order chi connectivity index (χ1) is 10.7. The fourth-order valence-electron chi connectivity index (χ4n) is 2.61. The summed E-state index contributed by atoms with van der Waals surface area (Å²) in [6.07, 6.45) is 7.55. The summed E-state index contributed by atoms with van der Waals surface area (Å²) in [5.41, 5.74) is 4.23. The quantitative estimate of drug-likeness (QED) is 0.561. The van der Waals surface area contributed by atoms with E-state index in [0.717, 1.165) is 32.2 Å². The largest absolute Gasteiger partial charge is 0.350 e. The van der Waals surface area contributed by atoms with Crippen molar-refractivity contribution in [2.24, 2.45) is 7.05 Å². The molecule has 0 spiro atoms. The van der Waals surface area contributed by atoms with E-state index in [1.165, 1.54) is 5.52 Å². The minimum absolute atomic E-state index is 0.982. The molecule has 0 atom stereocenters. The van der Waals surface area contributed by atoms with Crippen LogP contribution in [0.3, 0.4) is 0 Å². The Kier molecular flexibility index (Phi) is 3.01. The molecule has 4 heterocycles. The van der Waals surface area contributed by atoms with Crippen molar-refractivity contribution in [2.45, 2.75) is 6.92 Å². The lowest BCUT2D eigenvalue weighted by molar-refractivity contribution is 0.968. The highest BCUT2D eigenvalue weighted by molar-refractivity contribution is 7.18. The van der Waals surface area contributed by atoms with Gasteiger partial charge in [0.1, 0.15) is 5.01 Å². The van der Waals surface area contributed by atoms with Crippen LogP contribution in [0.5, 0.6) is 0 Å². The van der Waals surface area contributed by atoms with Crippen molar-refractivity contribution in [3.63, 3.8) is 0 Å². The van der Waals surface area contributed by atoms with E-state index >= 15 is 0 Å². The number of pyridine rings is 2. The molecule has 4 rings (SSSR count). The van der Waals surface area contributed by atoms with E-state index in [0.29, 0.717) is 0 Å². The van der Waals surface area contributed by atoms with Crippen LogP contribution in [0.25, 0.3) is 32.0 Å². The van der Waals surface area contributed by atoms with E-state index < -0.39 is 0 Å². The summed E-state index contributed by atoms with van der Waals surface area (Å²) in [5, 5.41) is 2.14. The van der Waals surface area contributed by atoms with Crippen LogP contribution >= 0.6 is 11.3 Å². The molecular weight excluding hydrogens is 292 g/mol. The van der Waals surface area contributed by atoms with Crippen molar-refractivity contribution in [2.75, 3.05) is 0 Å². The molecule has 108 valence electrons. The molecule has 4 aromatic rings. The number of hydrogen-bond donors (Lipinski definition) is 0. The lowest BCUT2D eigenvalue weighted by Gasteiger charge is -2.01. The molecule has 0 saturated carbocycles. The fraction of sp³-hybridized carbons (Fsp3) is 0.118. The highest BCUT2D eigenvalue weighted by Gasteiger charge is 2.15. The van der Waals surface area contributed by atoms with Gasteiger partial charge in [0.05, 0.1) is 21.8 Å². The maximum atomic E-state index is 4.70. The molecule has 0 aliphatic heterocycles. The Balaban J connectivity index is 1.91. The zero-order valence-corrected chi connectivity index (χ0v) is 13.1. The van der Waals surface area contributed by atoms with Crippen LogP contribution in [0, 0.1) is 6.92 Å². The normalized spacial score (nSPS) is 11.2. The summed E-state index contributed by atoms with van der Waals surface area (Å²) < 4.78 is 2.11. The molecule has 0 bridgehead atoms. The lowest BCUT2D eigenvalue weighted by Crippen LogP contribution is -1.87. The van der Waals surface area contributed by atoms with Gasteiger partial charge < -0.3 is 4.57 Å². The maximum absolute atomic E-state index is 4.70. The van der Waals surface area contributed by atoms with Crippen molar-refractivity contribution < 1.29 is 0 Å². The van der Waals surface area contributed by atoms with Gasteiger partial charge in [0.25, 0.3) is 0 Å². The Morgan fingerprint density at radius 2 is 2.05 bits per heavy atom. The van der Waals surface area contributed by atoms with E-state index in [1.807, 2.05) is 44.6 Å². The fourth-order valence-corrected chi connectivity index (χ4v) is 3.68. The van der Waals surface area contributed by atoms with E-state index in [4.69, 9.17) is 4.98 Å². The van der Waals surface area contributed by atoms with Gasteiger partial charge in [0.15, 0.2) is 0 Å². The summed E-state index contributed by atoms with van der Waals surface area (Å²) >= 11 is 1.67. The number of aromatic nitrogens is 4. The molecule has 0 aliphatic rings. The van der Waals surface area contributed by atoms with Gasteiger partial charge in [-0.1, -0.05) is 0 Å². The number of fused-ring (bicyclic) bond motifs is 1. The SMILES string of the molecule is Cc1nc(-c2cccnc2)sc1-c1nccc2c1ccn2C. The third-order valence-corrected chi connectivity index (χ3v) is 4.95. The molecule has 0 amide bonds. The van der Waals surface area contributed by atoms with Crippen LogP contribution in [-0.4, -0.2) is 19.5 Å². The van der Waals surface area contributed by atoms with Gasteiger partial charge in [-0.2, -0.15) is 0 Å². The first kappa shape index (κ1) is 13.2. The topological polar surface area (TPSA) is 43.6 Å². The minimum atomic E-state index is 0.982. The second kappa shape index (κ2) is 5.03. The van der Waals surface area contributed by atoms with E-state index in [2.05, 4.69) is 26.8 Å². The second-order valence-corrected chi connectivity index (χ2v) is 6.19. The van der Waals surface area contributed by atoms with E-state index in [1.54, 1.807) is 17.5 Å². The Labute approximate surface area is 132 Å². The first-order valence-corrected chi connectivity index (χ1v) is 7.84. The van der Waals surface area contributed by atoms with Gasteiger partial charge in [0, 0.05) is 42.8 Å². The van der Waals surface area contributed by atoms with Crippen LogP contribution in [0.15, 0.2) is 49.1 Å². The third-order valence-electron chi connectivity index (χ3n) is 3.73. The first-order valence-electron chi connectivity index (χ1n) is 7.02. The summed E-state index contributed by atoms with van der Waals surface area (Å²) in [6, 6.07) is 8.12. The van der Waals surface area contributed by atoms with E-state index in [-0.39, 0.29) is 0 Å². The summed E-state index contributed by atoms with van der Waals surface area (Å²) in [7, 11) is 2.05. The summed E-state index contributed by atoms with van der Waals surface area (Å²) in [6.45, 7) is 2.04. The Morgan fingerprint density at radius 3 is 2.86 bits per heavy atom. The van der Waals surface area contributed by atoms with Crippen LogP contribution in [0.4, 0.5) is 0 Å². The van der Waals surface area contributed by atoms with Crippen molar-refractivity contribution in [3.8, 4) is 21.1 Å². The Bertz CT molecular complexity index is 953. The lowest BCUT2D eigenvalue weighted by atomic mass is 10.2. The predicted octanol–water partition coefficient (Wildman–Crippen LogP) is 4.07. The van der Waals surface area contributed by atoms with Crippen LogP contribution in [0.1, 0.15) is 5.69 Å². The van der Waals surface area contributed by atoms with Gasteiger partial charge in [0.2, 0.25) is 0 Å². The number of nitrogens with zero attached hydrogens (tertiary/aromatic N) is 4. The third kappa shape index (κ3) is 2.02. The monoisotopic (exact) mass is 306 g/mol. The number of rotatable bonds is 2. The highest BCUT2D eigenvalue weighted by Crippen LogP contribution is 2.37. The Hall–Kier alpha value is -2.53. The highest BCUT2D eigenvalue weighted by atomic mass is 32.1. The molecule has 0 radical (unpaired) electrons. The molecule has 22 heavy (non-hydrogen) atoms. The maximum Gasteiger partial charge on any atom is 0.125 e. The average molecular weight is 306 g/mol. The Morgan fingerprint density at radius 1 is 1.14 bits per heavy atom. The van der Waals surface area contributed by atoms with Crippen LogP contribution in [0.2, 0.25) is 0 Å². The molecule has 0 aromatic carbocycles. The van der Waals surface area contributed by atoms with Gasteiger partial charge in [-0.05, 0) is 31.2 Å². The van der Waals surface area contributed by atoms with Crippen LogP contribution in [-0.2, 0) is 7.05 Å². The van der Waals surface area contributed by atoms with Gasteiger partial charge in [-0.25, -0.2) is 4.98 Å². The smallest absolute Gasteiger partial charge is 0.125 e. The summed E-state index contributed by atoms with van der Waals surface area (Å²) in [5.74, 6) is 0. The predicted molar refractivity (Wildman–Crippen MR) is 89.8 cm³/mol. The average Bonchev–Trinajstić information content (AvgIpc) is 3.12. The van der Waals surface area contributed by atoms with Gasteiger partial charge in [-0.15, -0.1) is 11.3 Å². The zero-order valence-electron chi connectivity index (χ0n) is 12.3. The standard InChI is InChI=1S/C17H14N4S/c1-11-16(22-17(20-11)12-4-3-7-18-10-12)15-13-6-9-21(2)14(13)5-8-19-15/h3-10H,1-2H3. The molecule has 0 aliphatic carbocycles. The van der Waals surface area contributed by atoms with Crippen LogP contribution < -0.4 is 0 Å². The molecule has 0 unspecified atom stereocenters. The van der Waals surface area contributed by atoms with E-state index in [9.17, 15) is 0 Å². The molecule has 4 nitrogen and oxygen atoms in total. The summed E-state index contributed by atoms with van der Waals surface area (Å²) in [4.78, 5) is 14.6. The second-order valence-electron chi connectivity index (χ2n) is 5.19. The zero-order chi connectivity index (χ0) is 15.1. The van der Waals surface area contributed by atoms with Crippen molar-refractivity contribution in [3.05, 3.63) is 54.7 Å². The molecule has 0 fully saturated rings. The van der Waals surface area contributed by atoms with Gasteiger partial charge in [-0.3, -0.25) is 9.97 Å². The van der Waals surface area contributed by atoms with Crippen molar-refractivity contribution in [1.82, 2.24) is 19.5 Å². The number of thiazole rings is 1. The molecule has 5 heteroatoms. The number of aryl methyl sites for hydroxylation is 2. The molecule has 4 aromatic heterocycles. The van der Waals surface area contributed by atoms with Gasteiger partial charge >= 0.3 is 0 Å². The van der Waals surface area contributed by atoms with Crippen molar-refractivity contribution >= 4 is 22.2 Å².